The van der Waals surface area contributed by atoms with Gasteiger partial charge in [-0.15, -0.1) is 0 Å². The van der Waals surface area contributed by atoms with Gasteiger partial charge in [-0.25, -0.2) is 8.78 Å². The first-order valence-electron chi connectivity index (χ1n) is 4.81. The summed E-state index contributed by atoms with van der Waals surface area (Å²) in [5.41, 5.74) is 6.55. The number of nitrogens with two attached hydrogens (primary N) is 1. The minimum atomic E-state index is -1.02. The quantitative estimate of drug-likeness (QED) is 0.818. The Labute approximate surface area is 88.0 Å². The van der Waals surface area contributed by atoms with Gasteiger partial charge in [0.15, 0.2) is 6.10 Å². The van der Waals surface area contributed by atoms with Gasteiger partial charge in [-0.3, -0.25) is 0 Å². The van der Waals surface area contributed by atoms with Crippen LogP contribution in [-0.2, 0) is 0 Å². The predicted molar refractivity (Wildman–Crippen MR) is 55.4 cm³/mol. The summed E-state index contributed by atoms with van der Waals surface area (Å²) in [5.74, 6) is 0.449. The van der Waals surface area contributed by atoms with E-state index in [-0.39, 0.29) is 6.04 Å². The summed E-state index contributed by atoms with van der Waals surface area (Å²) in [7, 11) is 0. The molecule has 0 fully saturated rings. The fourth-order valence-corrected chi connectivity index (χ4v) is 1.17. The van der Waals surface area contributed by atoms with Crippen molar-refractivity contribution in [2.24, 2.45) is 5.73 Å². The van der Waals surface area contributed by atoms with Gasteiger partial charge < -0.3 is 10.5 Å². The summed E-state index contributed by atoms with van der Waals surface area (Å²) in [6.07, 6.45) is -1.02. The van der Waals surface area contributed by atoms with Crippen molar-refractivity contribution in [1.82, 2.24) is 0 Å². The topological polar surface area (TPSA) is 35.2 Å². The lowest BCUT2D eigenvalue weighted by atomic mass is 10.1. The molecule has 4 heteroatoms. The van der Waals surface area contributed by atoms with E-state index >= 15 is 0 Å². The molecule has 84 valence electrons. The zero-order valence-electron chi connectivity index (χ0n) is 8.62. The van der Waals surface area contributed by atoms with Crippen LogP contribution in [0.3, 0.4) is 0 Å². The van der Waals surface area contributed by atoms with E-state index in [1.54, 1.807) is 18.2 Å². The van der Waals surface area contributed by atoms with Gasteiger partial charge in [0, 0.05) is 6.04 Å². The maximum absolute atomic E-state index is 12.2. The number of benzene rings is 1. The largest absolute Gasteiger partial charge is 0.485 e. The molecule has 0 saturated heterocycles. The zero-order chi connectivity index (χ0) is 11.3. The lowest BCUT2D eigenvalue weighted by molar-refractivity contribution is 0.133. The molecule has 15 heavy (non-hydrogen) atoms. The molecule has 0 amide bonds. The maximum atomic E-state index is 12.2. The standard InChI is InChI=1S/C11H15F2NO/c1-8(14)9-3-2-4-10(5-9)15-11(6-12)7-13/h2-5,8,11H,6-7,14H2,1H3/t8-/m1/s1. The SMILES string of the molecule is C[C@@H](N)c1cccc(OC(CF)CF)c1. The smallest absolute Gasteiger partial charge is 0.155 e. The molecule has 2 N–H and O–H groups in total. The molecule has 0 heterocycles. The lowest BCUT2D eigenvalue weighted by Crippen LogP contribution is -2.21. The van der Waals surface area contributed by atoms with Gasteiger partial charge in [-0.05, 0) is 24.6 Å². The number of rotatable bonds is 5. The van der Waals surface area contributed by atoms with Crippen LogP contribution in [0.2, 0.25) is 0 Å². The highest BCUT2D eigenvalue weighted by Gasteiger charge is 2.10. The molecule has 0 saturated carbocycles. The van der Waals surface area contributed by atoms with E-state index in [9.17, 15) is 8.78 Å². The fraction of sp³-hybridized carbons (Fsp3) is 0.455. The van der Waals surface area contributed by atoms with E-state index in [0.29, 0.717) is 5.75 Å². The summed E-state index contributed by atoms with van der Waals surface area (Å²) < 4.78 is 29.5. The molecule has 1 aromatic carbocycles. The Kier molecular flexibility index (Phi) is 4.49. The molecule has 0 aliphatic heterocycles. The van der Waals surface area contributed by atoms with E-state index < -0.39 is 19.5 Å². The lowest BCUT2D eigenvalue weighted by Gasteiger charge is -2.14. The summed E-state index contributed by atoms with van der Waals surface area (Å²) >= 11 is 0. The van der Waals surface area contributed by atoms with Gasteiger partial charge in [-0.1, -0.05) is 12.1 Å². The van der Waals surface area contributed by atoms with Crippen LogP contribution in [0.1, 0.15) is 18.5 Å². The third-order valence-electron chi connectivity index (χ3n) is 2.03. The molecule has 0 unspecified atom stereocenters. The Morgan fingerprint density at radius 1 is 1.33 bits per heavy atom. The van der Waals surface area contributed by atoms with Crippen LogP contribution in [0.25, 0.3) is 0 Å². The van der Waals surface area contributed by atoms with Gasteiger partial charge >= 0.3 is 0 Å². The van der Waals surface area contributed by atoms with Crippen LogP contribution < -0.4 is 10.5 Å². The van der Waals surface area contributed by atoms with E-state index in [2.05, 4.69) is 0 Å². The molecule has 0 aliphatic carbocycles. The van der Waals surface area contributed by atoms with E-state index in [4.69, 9.17) is 10.5 Å². The summed E-state index contributed by atoms with van der Waals surface area (Å²) in [6.45, 7) is 0.165. The molecular formula is C11H15F2NO. The average Bonchev–Trinajstić information content (AvgIpc) is 2.26. The van der Waals surface area contributed by atoms with Crippen molar-refractivity contribution in [2.45, 2.75) is 19.1 Å². The van der Waals surface area contributed by atoms with Crippen molar-refractivity contribution >= 4 is 0 Å². The third kappa shape index (κ3) is 3.47. The minimum absolute atomic E-state index is 0.122. The van der Waals surface area contributed by atoms with Gasteiger partial charge in [-0.2, -0.15) is 0 Å². The van der Waals surface area contributed by atoms with Gasteiger partial charge in [0.1, 0.15) is 19.1 Å². The number of alkyl halides is 2. The highest BCUT2D eigenvalue weighted by atomic mass is 19.1. The Bertz CT molecular complexity index is 300. The van der Waals surface area contributed by atoms with Gasteiger partial charge in [0.05, 0.1) is 0 Å². The van der Waals surface area contributed by atoms with E-state index in [0.717, 1.165) is 5.56 Å². The molecule has 0 aliphatic rings. The van der Waals surface area contributed by atoms with Crippen molar-refractivity contribution in [3.63, 3.8) is 0 Å². The first kappa shape index (κ1) is 11.9. The normalized spacial score (nSPS) is 12.9. The molecule has 0 bridgehead atoms. The number of ether oxygens (including phenoxy) is 1. The second-order valence-corrected chi connectivity index (χ2v) is 3.41. The second-order valence-electron chi connectivity index (χ2n) is 3.41. The van der Waals surface area contributed by atoms with Crippen molar-refractivity contribution in [2.75, 3.05) is 13.3 Å². The fourth-order valence-electron chi connectivity index (χ4n) is 1.17. The van der Waals surface area contributed by atoms with Crippen LogP contribution in [0, 0.1) is 0 Å². The molecular weight excluding hydrogens is 200 g/mol. The van der Waals surface area contributed by atoms with Crippen molar-refractivity contribution in [1.29, 1.82) is 0 Å². The average molecular weight is 215 g/mol. The number of halogens is 2. The number of hydrogen-bond acceptors (Lipinski definition) is 2. The third-order valence-corrected chi connectivity index (χ3v) is 2.03. The van der Waals surface area contributed by atoms with Gasteiger partial charge in [0.25, 0.3) is 0 Å². The molecule has 0 spiro atoms. The summed E-state index contributed by atoms with van der Waals surface area (Å²) in [6, 6.07) is 6.83. The Morgan fingerprint density at radius 3 is 2.53 bits per heavy atom. The molecule has 2 nitrogen and oxygen atoms in total. The van der Waals surface area contributed by atoms with Crippen molar-refractivity contribution < 1.29 is 13.5 Å². The first-order chi connectivity index (χ1) is 7.17. The van der Waals surface area contributed by atoms with Crippen LogP contribution in [0.4, 0.5) is 8.78 Å². The van der Waals surface area contributed by atoms with Gasteiger partial charge in [0.2, 0.25) is 0 Å². The molecule has 0 aromatic heterocycles. The predicted octanol–water partition coefficient (Wildman–Crippen LogP) is 2.39. The molecule has 1 atom stereocenters. The minimum Gasteiger partial charge on any atom is -0.485 e. The van der Waals surface area contributed by atoms with E-state index in [1.807, 2.05) is 13.0 Å². The summed E-state index contributed by atoms with van der Waals surface area (Å²) in [5, 5.41) is 0. The molecule has 1 rings (SSSR count). The first-order valence-corrected chi connectivity index (χ1v) is 4.81. The summed E-state index contributed by atoms with van der Waals surface area (Å²) in [4.78, 5) is 0. The van der Waals surface area contributed by atoms with Crippen LogP contribution in [0.5, 0.6) is 5.75 Å². The van der Waals surface area contributed by atoms with Crippen molar-refractivity contribution in [3.05, 3.63) is 29.8 Å². The second kappa shape index (κ2) is 5.66. The van der Waals surface area contributed by atoms with Crippen LogP contribution in [0.15, 0.2) is 24.3 Å². The maximum Gasteiger partial charge on any atom is 0.155 e. The number of hydrogen-bond donors (Lipinski definition) is 1. The van der Waals surface area contributed by atoms with Crippen LogP contribution in [-0.4, -0.2) is 19.5 Å². The Hall–Kier alpha value is -1.16. The monoisotopic (exact) mass is 215 g/mol. The highest BCUT2D eigenvalue weighted by Crippen LogP contribution is 2.18. The Morgan fingerprint density at radius 2 is 2.00 bits per heavy atom. The molecule has 1 aromatic rings. The Balaban J connectivity index is 2.72. The van der Waals surface area contributed by atoms with Crippen LogP contribution >= 0.6 is 0 Å². The highest BCUT2D eigenvalue weighted by molar-refractivity contribution is 5.30. The van der Waals surface area contributed by atoms with E-state index in [1.165, 1.54) is 0 Å². The zero-order valence-corrected chi connectivity index (χ0v) is 8.62. The molecule has 0 radical (unpaired) electrons. The van der Waals surface area contributed by atoms with Crippen molar-refractivity contribution in [3.8, 4) is 5.75 Å².